The predicted molar refractivity (Wildman–Crippen MR) is 108 cm³/mol. The SMILES string of the molecule is Cc1ccc(C)c(NC(=O)[C@H](C)OC(=O)CN=C2NS(=O)(=O)c3ccccc32)c1. The van der Waals surface area contributed by atoms with Crippen LogP contribution in [0.5, 0.6) is 0 Å². The van der Waals surface area contributed by atoms with Gasteiger partial charge in [0.15, 0.2) is 6.10 Å². The first-order valence-corrected chi connectivity index (χ1v) is 10.4. The average Bonchev–Trinajstić information content (AvgIpc) is 2.93. The molecular formula is C20H21N3O5S. The highest BCUT2D eigenvalue weighted by Gasteiger charge is 2.30. The lowest BCUT2D eigenvalue weighted by atomic mass is 10.1. The Labute approximate surface area is 169 Å². The standard InChI is InChI=1S/C20H21N3O5S/c1-12-8-9-13(2)16(10-12)22-20(25)14(3)28-18(24)11-21-19-15-6-4-5-7-17(15)29(26,27)23-19/h4-10,14H,11H2,1-3H3,(H,21,23)(H,22,25)/t14-/m0/s1. The highest BCUT2D eigenvalue weighted by Crippen LogP contribution is 2.22. The number of carbonyl (C=O) groups excluding carboxylic acids is 2. The van der Waals surface area contributed by atoms with Crippen LogP contribution >= 0.6 is 0 Å². The van der Waals surface area contributed by atoms with Gasteiger partial charge in [-0.05, 0) is 50.1 Å². The van der Waals surface area contributed by atoms with Crippen molar-refractivity contribution < 1.29 is 22.7 Å². The molecule has 0 aliphatic carbocycles. The predicted octanol–water partition coefficient (Wildman–Crippen LogP) is 1.91. The summed E-state index contributed by atoms with van der Waals surface area (Å²) in [7, 11) is -3.68. The average molecular weight is 415 g/mol. The van der Waals surface area contributed by atoms with Crippen LogP contribution in [0.3, 0.4) is 0 Å². The first kappa shape index (κ1) is 20.5. The van der Waals surface area contributed by atoms with E-state index >= 15 is 0 Å². The minimum atomic E-state index is -3.68. The largest absolute Gasteiger partial charge is 0.451 e. The zero-order valence-electron chi connectivity index (χ0n) is 16.2. The Morgan fingerprint density at radius 1 is 1.17 bits per heavy atom. The van der Waals surface area contributed by atoms with Crippen molar-refractivity contribution in [3.63, 3.8) is 0 Å². The van der Waals surface area contributed by atoms with Gasteiger partial charge >= 0.3 is 5.97 Å². The number of esters is 1. The minimum Gasteiger partial charge on any atom is -0.451 e. The van der Waals surface area contributed by atoms with Crippen molar-refractivity contribution in [1.29, 1.82) is 0 Å². The van der Waals surface area contributed by atoms with Gasteiger partial charge in [-0.2, -0.15) is 0 Å². The monoisotopic (exact) mass is 415 g/mol. The lowest BCUT2D eigenvalue weighted by molar-refractivity contribution is -0.151. The zero-order chi connectivity index (χ0) is 21.2. The van der Waals surface area contributed by atoms with E-state index in [4.69, 9.17) is 4.74 Å². The summed E-state index contributed by atoms with van der Waals surface area (Å²) in [4.78, 5) is 28.5. The van der Waals surface area contributed by atoms with E-state index in [1.165, 1.54) is 13.0 Å². The number of benzene rings is 2. The van der Waals surface area contributed by atoms with E-state index in [1.54, 1.807) is 18.2 Å². The third kappa shape index (κ3) is 4.62. The molecule has 0 bridgehead atoms. The number of fused-ring (bicyclic) bond motifs is 1. The lowest BCUT2D eigenvalue weighted by Crippen LogP contribution is -2.31. The number of rotatable bonds is 5. The number of amides is 1. The Morgan fingerprint density at radius 3 is 2.66 bits per heavy atom. The molecule has 2 N–H and O–H groups in total. The first-order chi connectivity index (χ1) is 13.7. The summed E-state index contributed by atoms with van der Waals surface area (Å²) < 4.78 is 31.5. The Bertz CT molecular complexity index is 1110. The third-order valence-corrected chi connectivity index (χ3v) is 5.75. The van der Waals surface area contributed by atoms with Crippen LogP contribution in [-0.2, 0) is 24.3 Å². The second kappa shape index (κ2) is 8.04. The van der Waals surface area contributed by atoms with Gasteiger partial charge in [0.2, 0.25) is 0 Å². The third-order valence-electron chi connectivity index (χ3n) is 4.36. The van der Waals surface area contributed by atoms with Gasteiger partial charge in [-0.1, -0.05) is 24.3 Å². The molecule has 0 spiro atoms. The number of nitrogens with one attached hydrogen (secondary N) is 2. The van der Waals surface area contributed by atoms with Crippen molar-refractivity contribution >= 4 is 33.4 Å². The summed E-state index contributed by atoms with van der Waals surface area (Å²) >= 11 is 0. The topological polar surface area (TPSA) is 114 Å². The van der Waals surface area contributed by atoms with Gasteiger partial charge in [-0.25, -0.2) is 8.42 Å². The molecule has 1 aliphatic rings. The van der Waals surface area contributed by atoms with Gasteiger partial charge in [-0.3, -0.25) is 19.3 Å². The van der Waals surface area contributed by atoms with Gasteiger partial charge in [0, 0.05) is 11.3 Å². The van der Waals surface area contributed by atoms with E-state index in [2.05, 4.69) is 15.0 Å². The molecule has 0 radical (unpaired) electrons. The van der Waals surface area contributed by atoms with Crippen LogP contribution in [0.25, 0.3) is 0 Å². The molecule has 0 fully saturated rings. The molecule has 29 heavy (non-hydrogen) atoms. The molecule has 3 rings (SSSR count). The number of carbonyl (C=O) groups is 2. The second-order valence-electron chi connectivity index (χ2n) is 6.71. The summed E-state index contributed by atoms with van der Waals surface area (Å²) in [6.45, 7) is 4.81. The molecule has 1 heterocycles. The quantitative estimate of drug-likeness (QED) is 0.724. The Morgan fingerprint density at radius 2 is 1.90 bits per heavy atom. The number of amidine groups is 1. The molecule has 0 saturated carbocycles. The molecule has 1 atom stereocenters. The zero-order valence-corrected chi connectivity index (χ0v) is 17.0. The van der Waals surface area contributed by atoms with Crippen molar-refractivity contribution in [3.8, 4) is 0 Å². The maximum Gasteiger partial charge on any atom is 0.328 e. The van der Waals surface area contributed by atoms with Gasteiger partial charge in [-0.15, -0.1) is 0 Å². The summed E-state index contributed by atoms with van der Waals surface area (Å²) in [5.74, 6) is -1.14. The maximum atomic E-state index is 12.3. The number of ether oxygens (including phenoxy) is 1. The van der Waals surface area contributed by atoms with E-state index in [9.17, 15) is 18.0 Å². The second-order valence-corrected chi connectivity index (χ2v) is 8.36. The number of nitrogens with zero attached hydrogens (tertiary/aromatic N) is 1. The van der Waals surface area contributed by atoms with Crippen LogP contribution in [0, 0.1) is 13.8 Å². The molecule has 2 aromatic rings. The van der Waals surface area contributed by atoms with E-state index in [-0.39, 0.29) is 10.7 Å². The molecule has 0 saturated heterocycles. The van der Waals surface area contributed by atoms with E-state index in [1.807, 2.05) is 32.0 Å². The molecule has 2 aromatic carbocycles. The fraction of sp³-hybridized carbons (Fsp3) is 0.250. The maximum absolute atomic E-state index is 12.3. The summed E-state index contributed by atoms with van der Waals surface area (Å²) in [5, 5.41) is 2.73. The Kier molecular flexibility index (Phi) is 5.69. The number of anilines is 1. The molecule has 0 aromatic heterocycles. The molecule has 8 nitrogen and oxygen atoms in total. The van der Waals surface area contributed by atoms with Crippen molar-refractivity contribution in [3.05, 3.63) is 59.2 Å². The molecule has 1 aliphatic heterocycles. The van der Waals surface area contributed by atoms with E-state index in [0.717, 1.165) is 11.1 Å². The fourth-order valence-electron chi connectivity index (χ4n) is 2.79. The van der Waals surface area contributed by atoms with Crippen LogP contribution in [0.2, 0.25) is 0 Å². The van der Waals surface area contributed by atoms with Crippen LogP contribution in [0.4, 0.5) is 5.69 Å². The number of aryl methyl sites for hydroxylation is 2. The normalized spacial score (nSPS) is 16.6. The van der Waals surface area contributed by atoms with E-state index in [0.29, 0.717) is 11.3 Å². The van der Waals surface area contributed by atoms with Crippen molar-refractivity contribution in [2.45, 2.75) is 31.8 Å². The first-order valence-electron chi connectivity index (χ1n) is 8.91. The molecule has 9 heteroatoms. The summed E-state index contributed by atoms with van der Waals surface area (Å²) in [6.07, 6.45) is -1.03. The van der Waals surface area contributed by atoms with Gasteiger partial charge in [0.25, 0.3) is 15.9 Å². The van der Waals surface area contributed by atoms with Crippen molar-refractivity contribution in [1.82, 2.24) is 4.72 Å². The van der Waals surface area contributed by atoms with E-state index < -0.39 is 34.5 Å². The number of hydrogen-bond donors (Lipinski definition) is 2. The number of hydrogen-bond acceptors (Lipinski definition) is 6. The van der Waals surface area contributed by atoms with Gasteiger partial charge < -0.3 is 10.1 Å². The van der Waals surface area contributed by atoms with Crippen LogP contribution in [0.1, 0.15) is 23.6 Å². The van der Waals surface area contributed by atoms with Crippen molar-refractivity contribution in [2.24, 2.45) is 4.99 Å². The lowest BCUT2D eigenvalue weighted by Gasteiger charge is -2.14. The van der Waals surface area contributed by atoms with Crippen LogP contribution < -0.4 is 10.0 Å². The number of sulfonamides is 1. The highest BCUT2D eigenvalue weighted by atomic mass is 32.2. The van der Waals surface area contributed by atoms with Crippen LogP contribution in [0.15, 0.2) is 52.4 Å². The fourth-order valence-corrected chi connectivity index (χ4v) is 4.04. The summed E-state index contributed by atoms with van der Waals surface area (Å²) in [6, 6.07) is 12.0. The Hall–Kier alpha value is -3.20. The Balaban J connectivity index is 1.62. The van der Waals surface area contributed by atoms with Crippen molar-refractivity contribution in [2.75, 3.05) is 11.9 Å². The molecular weight excluding hydrogens is 394 g/mol. The molecule has 1 amide bonds. The smallest absolute Gasteiger partial charge is 0.328 e. The number of aliphatic imine (C=N–C) groups is 1. The minimum absolute atomic E-state index is 0.0741. The van der Waals surface area contributed by atoms with Gasteiger partial charge in [0.1, 0.15) is 12.4 Å². The van der Waals surface area contributed by atoms with Crippen LogP contribution in [-0.4, -0.2) is 38.8 Å². The highest BCUT2D eigenvalue weighted by molar-refractivity contribution is 7.90. The molecule has 0 unspecified atom stereocenters. The summed E-state index contributed by atoms with van der Waals surface area (Å²) in [5.41, 5.74) is 2.92. The van der Waals surface area contributed by atoms with Gasteiger partial charge in [0.05, 0.1) is 4.90 Å². The molecule has 152 valence electrons.